The van der Waals surface area contributed by atoms with Crippen molar-refractivity contribution in [3.05, 3.63) is 71.8 Å². The van der Waals surface area contributed by atoms with Crippen LogP contribution in [0.1, 0.15) is 36.8 Å². The molecule has 1 saturated heterocycles. The van der Waals surface area contributed by atoms with Crippen LogP contribution in [0.25, 0.3) is 5.57 Å². The predicted octanol–water partition coefficient (Wildman–Crippen LogP) is 4.30. The van der Waals surface area contributed by atoms with Gasteiger partial charge in [-0.05, 0) is 48.1 Å². The number of rotatable bonds is 4. The van der Waals surface area contributed by atoms with Gasteiger partial charge < -0.3 is 0 Å². The van der Waals surface area contributed by atoms with Crippen LogP contribution in [-0.2, 0) is 16.4 Å². The highest BCUT2D eigenvalue weighted by atomic mass is 32.2. The summed E-state index contributed by atoms with van der Waals surface area (Å²) >= 11 is 0. The maximum Gasteiger partial charge on any atom is 0.175 e. The smallest absolute Gasteiger partial charge is 0.175 e. The van der Waals surface area contributed by atoms with Crippen LogP contribution >= 0.6 is 0 Å². The Hall–Kier alpha value is -1.91. The number of nitrogens with zero attached hydrogens (tertiary/aromatic N) is 1. The fourth-order valence-corrected chi connectivity index (χ4v) is 4.92. The number of benzene rings is 2. The van der Waals surface area contributed by atoms with Crippen molar-refractivity contribution in [3.8, 4) is 0 Å². The van der Waals surface area contributed by atoms with E-state index in [4.69, 9.17) is 0 Å². The van der Waals surface area contributed by atoms with E-state index in [1.54, 1.807) is 12.1 Å². The van der Waals surface area contributed by atoms with Crippen LogP contribution in [0, 0.1) is 0 Å². The van der Waals surface area contributed by atoms with Crippen LogP contribution in [0.15, 0.2) is 65.6 Å². The van der Waals surface area contributed by atoms with Gasteiger partial charge in [0.2, 0.25) is 0 Å². The molecule has 0 N–H and O–H groups in total. The molecule has 0 saturated carbocycles. The molecule has 26 heavy (non-hydrogen) atoms. The number of fused-ring (bicyclic) bond motifs is 2. The molecule has 2 bridgehead atoms. The third-order valence-electron chi connectivity index (χ3n) is 5.64. The SMILES string of the molecule is CS(=O)(=O)c1ccc(C2=CC3CCCC(C2)N3Cc2ccccc2)cc1. The molecule has 2 atom stereocenters. The molecule has 1 fully saturated rings. The molecule has 2 unspecified atom stereocenters. The van der Waals surface area contributed by atoms with Crippen molar-refractivity contribution in [1.29, 1.82) is 0 Å². The van der Waals surface area contributed by atoms with Crippen molar-refractivity contribution in [1.82, 2.24) is 4.90 Å². The van der Waals surface area contributed by atoms with Crippen molar-refractivity contribution in [3.63, 3.8) is 0 Å². The third kappa shape index (κ3) is 3.62. The fourth-order valence-electron chi connectivity index (χ4n) is 4.29. The second-order valence-corrected chi connectivity index (χ2v) is 9.52. The van der Waals surface area contributed by atoms with E-state index in [9.17, 15) is 8.42 Å². The molecule has 2 heterocycles. The normalized spacial score (nSPS) is 23.5. The van der Waals surface area contributed by atoms with Crippen molar-refractivity contribution in [2.24, 2.45) is 0 Å². The molecule has 0 aliphatic carbocycles. The zero-order chi connectivity index (χ0) is 18.1. The van der Waals surface area contributed by atoms with Gasteiger partial charge in [-0.1, -0.05) is 55.0 Å². The van der Waals surface area contributed by atoms with Crippen LogP contribution in [0.2, 0.25) is 0 Å². The monoisotopic (exact) mass is 367 g/mol. The Morgan fingerprint density at radius 2 is 1.73 bits per heavy atom. The van der Waals surface area contributed by atoms with Gasteiger partial charge in [-0.15, -0.1) is 0 Å². The average molecular weight is 368 g/mol. The summed E-state index contributed by atoms with van der Waals surface area (Å²) < 4.78 is 23.4. The maximum atomic E-state index is 11.7. The van der Waals surface area contributed by atoms with E-state index in [0.29, 0.717) is 17.0 Å². The molecule has 2 aromatic rings. The summed E-state index contributed by atoms with van der Waals surface area (Å²) in [7, 11) is -3.14. The standard InChI is InChI=1S/C22H25NO2S/c1-26(24,25)22-12-10-18(11-13-22)19-14-20-8-5-9-21(15-19)23(20)16-17-6-3-2-4-7-17/h2-4,6-7,10-14,20-21H,5,8-9,15-16H2,1H3. The zero-order valence-electron chi connectivity index (χ0n) is 15.1. The topological polar surface area (TPSA) is 37.4 Å². The van der Waals surface area contributed by atoms with E-state index in [1.807, 2.05) is 12.1 Å². The van der Waals surface area contributed by atoms with Crippen molar-refractivity contribution < 1.29 is 8.42 Å². The van der Waals surface area contributed by atoms with E-state index < -0.39 is 9.84 Å². The molecule has 0 spiro atoms. The molecular weight excluding hydrogens is 342 g/mol. The lowest BCUT2D eigenvalue weighted by Gasteiger charge is -2.45. The minimum absolute atomic E-state index is 0.392. The summed E-state index contributed by atoms with van der Waals surface area (Å²) in [6.07, 6.45) is 8.44. The second kappa shape index (κ2) is 7.01. The van der Waals surface area contributed by atoms with Crippen LogP contribution < -0.4 is 0 Å². The molecule has 136 valence electrons. The number of hydrogen-bond donors (Lipinski definition) is 0. The largest absolute Gasteiger partial charge is 0.289 e. The summed E-state index contributed by atoms with van der Waals surface area (Å²) in [4.78, 5) is 3.04. The maximum absolute atomic E-state index is 11.7. The molecule has 3 nitrogen and oxygen atoms in total. The first kappa shape index (κ1) is 17.5. The van der Waals surface area contributed by atoms with Crippen LogP contribution in [0.3, 0.4) is 0 Å². The Bertz CT molecular complexity index is 901. The molecule has 4 rings (SSSR count). The van der Waals surface area contributed by atoms with Crippen LogP contribution in [0.5, 0.6) is 0 Å². The van der Waals surface area contributed by atoms with Crippen molar-refractivity contribution >= 4 is 15.4 Å². The van der Waals surface area contributed by atoms with Gasteiger partial charge in [0, 0.05) is 24.9 Å². The van der Waals surface area contributed by atoms with Gasteiger partial charge in [-0.25, -0.2) is 8.42 Å². The minimum atomic E-state index is -3.14. The van der Waals surface area contributed by atoms with Gasteiger partial charge >= 0.3 is 0 Å². The third-order valence-corrected chi connectivity index (χ3v) is 6.77. The van der Waals surface area contributed by atoms with Crippen LogP contribution in [0.4, 0.5) is 0 Å². The molecule has 2 aliphatic heterocycles. The first-order valence-corrected chi connectivity index (χ1v) is 11.2. The summed E-state index contributed by atoms with van der Waals surface area (Å²) in [5.41, 5.74) is 3.90. The van der Waals surface area contributed by atoms with Crippen LogP contribution in [-0.4, -0.2) is 31.7 Å². The van der Waals surface area contributed by atoms with E-state index in [2.05, 4.69) is 41.3 Å². The summed E-state index contributed by atoms with van der Waals surface area (Å²) in [5, 5.41) is 0. The van der Waals surface area contributed by atoms with Crippen molar-refractivity contribution in [2.75, 3.05) is 6.26 Å². The molecule has 0 amide bonds. The fraction of sp³-hybridized carbons (Fsp3) is 0.364. The zero-order valence-corrected chi connectivity index (χ0v) is 16.0. The van der Waals surface area contributed by atoms with E-state index in [0.717, 1.165) is 18.5 Å². The second-order valence-electron chi connectivity index (χ2n) is 7.50. The molecule has 0 radical (unpaired) electrons. The van der Waals surface area contributed by atoms with E-state index in [-0.39, 0.29) is 0 Å². The van der Waals surface area contributed by atoms with E-state index >= 15 is 0 Å². The Labute approximate surface area is 156 Å². The minimum Gasteiger partial charge on any atom is -0.289 e. The summed E-state index contributed by atoms with van der Waals surface area (Å²) in [6, 6.07) is 19.1. The van der Waals surface area contributed by atoms with Gasteiger partial charge in [0.15, 0.2) is 9.84 Å². The lowest BCUT2D eigenvalue weighted by Crippen LogP contribution is -2.47. The lowest BCUT2D eigenvalue weighted by atomic mass is 9.82. The Morgan fingerprint density at radius 3 is 2.38 bits per heavy atom. The van der Waals surface area contributed by atoms with Gasteiger partial charge in [-0.2, -0.15) is 0 Å². The highest BCUT2D eigenvalue weighted by molar-refractivity contribution is 7.90. The van der Waals surface area contributed by atoms with Crippen molar-refractivity contribution in [2.45, 2.75) is 49.2 Å². The molecule has 2 aromatic carbocycles. The Kier molecular flexibility index (Phi) is 4.72. The number of hydrogen-bond acceptors (Lipinski definition) is 3. The number of piperidine rings is 1. The summed E-state index contributed by atoms with van der Waals surface area (Å²) in [5.74, 6) is 0. The van der Waals surface area contributed by atoms with Gasteiger partial charge in [0.25, 0.3) is 0 Å². The lowest BCUT2D eigenvalue weighted by molar-refractivity contribution is 0.0951. The highest BCUT2D eigenvalue weighted by Crippen LogP contribution is 2.38. The first-order valence-electron chi connectivity index (χ1n) is 9.31. The average Bonchev–Trinajstić information content (AvgIpc) is 2.62. The summed E-state index contributed by atoms with van der Waals surface area (Å²) in [6.45, 7) is 1.01. The van der Waals surface area contributed by atoms with E-state index in [1.165, 1.54) is 36.7 Å². The molecular formula is C22H25NO2S. The highest BCUT2D eigenvalue weighted by Gasteiger charge is 2.34. The molecule has 2 aliphatic rings. The molecule has 0 aromatic heterocycles. The van der Waals surface area contributed by atoms with Gasteiger partial charge in [-0.3, -0.25) is 4.90 Å². The predicted molar refractivity (Wildman–Crippen MR) is 106 cm³/mol. The van der Waals surface area contributed by atoms with Gasteiger partial charge in [0.1, 0.15) is 0 Å². The Balaban J connectivity index is 1.58. The molecule has 4 heteroatoms. The Morgan fingerprint density at radius 1 is 1.00 bits per heavy atom. The first-order chi connectivity index (χ1) is 12.5. The number of sulfone groups is 1. The quantitative estimate of drug-likeness (QED) is 0.808. The van der Waals surface area contributed by atoms with Gasteiger partial charge in [0.05, 0.1) is 4.90 Å².